The van der Waals surface area contributed by atoms with Crippen LogP contribution >= 0.6 is 0 Å². The standard InChI is InChI=1S/C26H29N5O3/c1-17(18-7-6-8-18)31(14-19-13-30(29-28-19)15-25(27)32)26(33)34-16-24-22-11-4-2-9-20(22)21-10-3-5-12-23(21)24/h2-5,9-13,17-18,24H,6-8,14-16H2,1H3,(H2,27,32)/t17-/m1/s1. The van der Waals surface area contributed by atoms with Crippen molar-refractivity contribution >= 4 is 12.0 Å². The molecule has 2 aliphatic rings. The zero-order valence-electron chi connectivity index (χ0n) is 19.3. The molecule has 34 heavy (non-hydrogen) atoms. The number of aromatic nitrogens is 3. The number of rotatable bonds is 8. The maximum atomic E-state index is 13.4. The molecule has 2 N–H and O–H groups in total. The molecule has 2 aliphatic carbocycles. The highest BCUT2D eigenvalue weighted by Crippen LogP contribution is 2.44. The Morgan fingerprint density at radius 1 is 1.12 bits per heavy atom. The van der Waals surface area contributed by atoms with E-state index in [0.29, 0.717) is 11.6 Å². The highest BCUT2D eigenvalue weighted by molar-refractivity contribution is 5.79. The first-order chi connectivity index (χ1) is 16.5. The average Bonchev–Trinajstić information content (AvgIpc) is 3.36. The van der Waals surface area contributed by atoms with E-state index in [9.17, 15) is 9.59 Å². The highest BCUT2D eigenvalue weighted by atomic mass is 16.6. The van der Waals surface area contributed by atoms with Crippen molar-refractivity contribution in [3.63, 3.8) is 0 Å². The van der Waals surface area contributed by atoms with Crippen LogP contribution in [0.4, 0.5) is 4.79 Å². The summed E-state index contributed by atoms with van der Waals surface area (Å²) in [5, 5.41) is 8.08. The fraction of sp³-hybridized carbons (Fsp3) is 0.385. The van der Waals surface area contributed by atoms with Crippen molar-refractivity contribution in [2.45, 2.75) is 51.2 Å². The normalized spacial score (nSPS) is 15.8. The summed E-state index contributed by atoms with van der Waals surface area (Å²) in [7, 11) is 0. The monoisotopic (exact) mass is 459 g/mol. The van der Waals surface area contributed by atoms with E-state index >= 15 is 0 Å². The van der Waals surface area contributed by atoms with Crippen LogP contribution in [0, 0.1) is 5.92 Å². The minimum atomic E-state index is -0.493. The van der Waals surface area contributed by atoms with E-state index in [1.165, 1.54) is 33.4 Å². The summed E-state index contributed by atoms with van der Waals surface area (Å²) in [5.74, 6) is -0.0394. The van der Waals surface area contributed by atoms with Gasteiger partial charge in [-0.3, -0.25) is 9.69 Å². The van der Waals surface area contributed by atoms with Gasteiger partial charge in [0.1, 0.15) is 18.8 Å². The number of carbonyl (C=O) groups excluding carboxylic acids is 2. The van der Waals surface area contributed by atoms with Crippen LogP contribution in [0.25, 0.3) is 11.1 Å². The number of nitrogens with two attached hydrogens (primary N) is 1. The van der Waals surface area contributed by atoms with Gasteiger partial charge in [-0.15, -0.1) is 5.10 Å². The molecule has 2 amide bonds. The second kappa shape index (κ2) is 9.29. The van der Waals surface area contributed by atoms with Gasteiger partial charge in [0.05, 0.1) is 12.7 Å². The first-order valence-corrected chi connectivity index (χ1v) is 11.8. The first-order valence-electron chi connectivity index (χ1n) is 11.8. The van der Waals surface area contributed by atoms with Crippen molar-refractivity contribution in [2.24, 2.45) is 11.7 Å². The summed E-state index contributed by atoms with van der Waals surface area (Å²) >= 11 is 0. The van der Waals surface area contributed by atoms with E-state index < -0.39 is 5.91 Å². The van der Waals surface area contributed by atoms with Gasteiger partial charge >= 0.3 is 6.09 Å². The second-order valence-electron chi connectivity index (χ2n) is 9.24. The van der Waals surface area contributed by atoms with Gasteiger partial charge in [-0.25, -0.2) is 9.48 Å². The van der Waals surface area contributed by atoms with Crippen molar-refractivity contribution in [3.05, 3.63) is 71.5 Å². The van der Waals surface area contributed by atoms with Crippen LogP contribution in [0.2, 0.25) is 0 Å². The number of amides is 2. The quantitative estimate of drug-likeness (QED) is 0.553. The lowest BCUT2D eigenvalue weighted by molar-refractivity contribution is -0.118. The summed E-state index contributed by atoms with van der Waals surface area (Å²) in [5.41, 5.74) is 10.6. The lowest BCUT2D eigenvalue weighted by Gasteiger charge is -2.38. The molecule has 0 saturated heterocycles. The number of ether oxygens (including phenoxy) is 1. The maximum absolute atomic E-state index is 13.4. The molecule has 1 aromatic heterocycles. The van der Waals surface area contributed by atoms with Crippen molar-refractivity contribution in [1.82, 2.24) is 19.9 Å². The van der Waals surface area contributed by atoms with Crippen molar-refractivity contribution < 1.29 is 14.3 Å². The summed E-state index contributed by atoms with van der Waals surface area (Å²) in [6.07, 6.45) is 4.68. The van der Waals surface area contributed by atoms with E-state index in [0.717, 1.165) is 12.8 Å². The molecule has 8 nitrogen and oxygen atoms in total. The largest absolute Gasteiger partial charge is 0.448 e. The Morgan fingerprint density at radius 2 is 1.76 bits per heavy atom. The molecule has 176 valence electrons. The summed E-state index contributed by atoms with van der Waals surface area (Å²) in [6.45, 7) is 2.57. The molecule has 0 radical (unpaired) electrons. The van der Waals surface area contributed by atoms with Gasteiger partial charge in [0.25, 0.3) is 0 Å². The molecule has 5 rings (SSSR count). The minimum absolute atomic E-state index is 0.00801. The zero-order chi connectivity index (χ0) is 23.7. The molecule has 0 spiro atoms. The zero-order valence-corrected chi connectivity index (χ0v) is 19.3. The van der Waals surface area contributed by atoms with Crippen LogP contribution in [0.3, 0.4) is 0 Å². The number of benzene rings is 2. The fourth-order valence-corrected chi connectivity index (χ4v) is 5.05. The van der Waals surface area contributed by atoms with Crippen LogP contribution in [-0.4, -0.2) is 44.5 Å². The molecule has 0 bridgehead atoms. The number of primary amides is 1. The third-order valence-electron chi connectivity index (χ3n) is 7.13. The molecule has 0 unspecified atom stereocenters. The number of hydrogen-bond donors (Lipinski definition) is 1. The van der Waals surface area contributed by atoms with E-state index in [1.54, 1.807) is 11.1 Å². The van der Waals surface area contributed by atoms with Gasteiger partial charge in [-0.1, -0.05) is 60.2 Å². The van der Waals surface area contributed by atoms with Gasteiger partial charge in [0.2, 0.25) is 5.91 Å². The van der Waals surface area contributed by atoms with Crippen LogP contribution in [0.5, 0.6) is 0 Å². The molecule has 1 atom stereocenters. The van der Waals surface area contributed by atoms with Crippen molar-refractivity contribution in [3.8, 4) is 11.1 Å². The van der Waals surface area contributed by atoms with E-state index in [2.05, 4.69) is 41.5 Å². The topological polar surface area (TPSA) is 103 Å². The minimum Gasteiger partial charge on any atom is -0.448 e. The lowest BCUT2D eigenvalue weighted by Crippen LogP contribution is -2.45. The highest BCUT2D eigenvalue weighted by Gasteiger charge is 2.34. The van der Waals surface area contributed by atoms with Crippen molar-refractivity contribution in [2.75, 3.05) is 6.61 Å². The van der Waals surface area contributed by atoms with Crippen LogP contribution < -0.4 is 5.73 Å². The predicted molar refractivity (Wildman–Crippen MR) is 127 cm³/mol. The Kier molecular flexibility index (Phi) is 6.04. The number of fused-ring (bicyclic) bond motifs is 3. The van der Waals surface area contributed by atoms with E-state index in [1.807, 2.05) is 24.3 Å². The predicted octanol–water partition coefficient (Wildman–Crippen LogP) is 3.70. The fourth-order valence-electron chi connectivity index (χ4n) is 5.05. The molecule has 8 heteroatoms. The van der Waals surface area contributed by atoms with Gasteiger partial charge in [-0.05, 0) is 47.9 Å². The van der Waals surface area contributed by atoms with Crippen molar-refractivity contribution in [1.29, 1.82) is 0 Å². The van der Waals surface area contributed by atoms with Gasteiger partial charge in [0.15, 0.2) is 0 Å². The molecular formula is C26H29N5O3. The summed E-state index contributed by atoms with van der Waals surface area (Å²) < 4.78 is 7.33. The molecule has 0 aliphatic heterocycles. The Labute approximate surface area is 198 Å². The smallest absolute Gasteiger partial charge is 0.410 e. The first kappa shape index (κ1) is 22.1. The molecule has 2 aromatic carbocycles. The Balaban J connectivity index is 1.33. The summed E-state index contributed by atoms with van der Waals surface area (Å²) in [4.78, 5) is 26.3. The van der Waals surface area contributed by atoms with Gasteiger partial charge in [-0.2, -0.15) is 0 Å². The lowest BCUT2D eigenvalue weighted by atomic mass is 9.80. The second-order valence-corrected chi connectivity index (χ2v) is 9.24. The van der Waals surface area contributed by atoms with Crippen LogP contribution in [0.15, 0.2) is 54.7 Å². The van der Waals surface area contributed by atoms with E-state index in [-0.39, 0.29) is 37.7 Å². The Bertz CT molecular complexity index is 1160. The number of hydrogen-bond acceptors (Lipinski definition) is 5. The average molecular weight is 460 g/mol. The molecular weight excluding hydrogens is 430 g/mol. The Morgan fingerprint density at radius 3 is 2.35 bits per heavy atom. The molecule has 1 fully saturated rings. The maximum Gasteiger partial charge on any atom is 0.410 e. The van der Waals surface area contributed by atoms with Gasteiger partial charge < -0.3 is 10.5 Å². The molecule has 1 saturated carbocycles. The van der Waals surface area contributed by atoms with Crippen LogP contribution in [-0.2, 0) is 22.6 Å². The third-order valence-corrected chi connectivity index (χ3v) is 7.13. The molecule has 3 aromatic rings. The molecule has 1 heterocycles. The summed E-state index contributed by atoms with van der Waals surface area (Å²) in [6, 6.07) is 16.6. The van der Waals surface area contributed by atoms with Crippen LogP contribution in [0.1, 0.15) is 48.9 Å². The SMILES string of the molecule is C[C@H](C1CCC1)N(Cc1cn(CC(N)=O)nn1)C(=O)OCC1c2ccccc2-c2ccccc21. The van der Waals surface area contributed by atoms with Gasteiger partial charge in [0, 0.05) is 12.0 Å². The third kappa shape index (κ3) is 4.27. The Hall–Kier alpha value is -3.68. The number of carbonyl (C=O) groups is 2. The number of nitrogens with zero attached hydrogens (tertiary/aromatic N) is 4. The van der Waals surface area contributed by atoms with E-state index in [4.69, 9.17) is 10.5 Å².